The second kappa shape index (κ2) is 5.61. The minimum atomic E-state index is -0.458. The summed E-state index contributed by atoms with van der Waals surface area (Å²) in [5, 5.41) is 8.41. The fraction of sp³-hybridized carbons (Fsp3) is 0.273. The minimum Gasteiger partial charge on any atom is -0.341 e. The number of amides is 1. The Morgan fingerprint density at radius 3 is 2.94 bits per heavy atom. The van der Waals surface area contributed by atoms with Gasteiger partial charge in [-0.15, -0.1) is 0 Å². The van der Waals surface area contributed by atoms with Crippen LogP contribution in [0.25, 0.3) is 0 Å². The van der Waals surface area contributed by atoms with Gasteiger partial charge in [-0.2, -0.15) is 5.26 Å². The molecule has 0 heterocycles. The summed E-state index contributed by atoms with van der Waals surface area (Å²) in [7, 11) is 1.58. The second-order valence-electron chi connectivity index (χ2n) is 3.26. The van der Waals surface area contributed by atoms with E-state index in [4.69, 9.17) is 5.26 Å². The van der Waals surface area contributed by atoms with Gasteiger partial charge in [0.2, 0.25) is 0 Å². The van der Waals surface area contributed by atoms with Gasteiger partial charge in [-0.05, 0) is 34.1 Å². The molecule has 1 aromatic carbocycles. The van der Waals surface area contributed by atoms with Gasteiger partial charge in [-0.25, -0.2) is 4.39 Å². The Morgan fingerprint density at radius 2 is 2.31 bits per heavy atom. The van der Waals surface area contributed by atoms with Crippen LogP contribution in [-0.4, -0.2) is 24.4 Å². The van der Waals surface area contributed by atoms with Crippen molar-refractivity contribution >= 4 is 21.8 Å². The summed E-state index contributed by atoms with van der Waals surface area (Å²) in [6, 6.07) is 5.89. The van der Waals surface area contributed by atoms with Crippen molar-refractivity contribution in [2.24, 2.45) is 0 Å². The number of benzene rings is 1. The SMILES string of the molecule is CN(CCC#N)C(=O)c1cc(F)ccc1Br. The van der Waals surface area contributed by atoms with Gasteiger partial charge in [-0.1, -0.05) is 0 Å². The van der Waals surface area contributed by atoms with Crippen LogP contribution >= 0.6 is 15.9 Å². The van der Waals surface area contributed by atoms with Gasteiger partial charge < -0.3 is 4.90 Å². The number of halogens is 2. The van der Waals surface area contributed by atoms with Crippen molar-refractivity contribution in [1.82, 2.24) is 4.90 Å². The lowest BCUT2D eigenvalue weighted by Crippen LogP contribution is -2.27. The van der Waals surface area contributed by atoms with E-state index in [-0.39, 0.29) is 17.9 Å². The molecular weight excluding hydrogens is 275 g/mol. The maximum Gasteiger partial charge on any atom is 0.254 e. The average molecular weight is 285 g/mol. The smallest absolute Gasteiger partial charge is 0.254 e. The summed E-state index contributed by atoms with van der Waals surface area (Å²) in [6.45, 7) is 0.332. The number of nitriles is 1. The molecule has 0 atom stereocenters. The minimum absolute atomic E-state index is 0.259. The molecule has 1 aromatic rings. The third-order valence-electron chi connectivity index (χ3n) is 2.06. The highest BCUT2D eigenvalue weighted by atomic mass is 79.9. The Labute approximate surface area is 102 Å². The van der Waals surface area contributed by atoms with E-state index in [1.165, 1.54) is 23.1 Å². The van der Waals surface area contributed by atoms with E-state index in [0.29, 0.717) is 11.0 Å². The molecule has 5 heteroatoms. The highest BCUT2D eigenvalue weighted by Gasteiger charge is 2.15. The van der Waals surface area contributed by atoms with Crippen LogP contribution in [0.15, 0.2) is 22.7 Å². The molecule has 0 aliphatic rings. The van der Waals surface area contributed by atoms with Crippen LogP contribution in [0, 0.1) is 17.1 Å². The van der Waals surface area contributed by atoms with E-state index in [1.807, 2.05) is 6.07 Å². The van der Waals surface area contributed by atoms with Gasteiger partial charge in [0.25, 0.3) is 5.91 Å². The zero-order valence-electron chi connectivity index (χ0n) is 8.70. The summed E-state index contributed by atoms with van der Waals surface area (Å²) in [5.41, 5.74) is 0.264. The normalized spacial score (nSPS) is 9.62. The summed E-state index contributed by atoms with van der Waals surface area (Å²) in [6.07, 6.45) is 0.259. The number of hydrogen-bond acceptors (Lipinski definition) is 2. The number of hydrogen-bond donors (Lipinski definition) is 0. The van der Waals surface area contributed by atoms with Crippen LogP contribution in [0.3, 0.4) is 0 Å². The van der Waals surface area contributed by atoms with Crippen LogP contribution in [0.5, 0.6) is 0 Å². The number of nitrogens with zero attached hydrogens (tertiary/aromatic N) is 2. The molecule has 0 saturated heterocycles. The monoisotopic (exact) mass is 284 g/mol. The van der Waals surface area contributed by atoms with Crippen LogP contribution in [0.4, 0.5) is 4.39 Å². The third kappa shape index (κ3) is 3.04. The van der Waals surface area contributed by atoms with Crippen LogP contribution in [-0.2, 0) is 0 Å². The zero-order valence-corrected chi connectivity index (χ0v) is 10.3. The predicted octanol–water partition coefficient (Wildman–Crippen LogP) is 2.57. The molecule has 84 valence electrons. The Bertz CT molecular complexity index is 442. The first-order chi connectivity index (χ1) is 7.56. The van der Waals surface area contributed by atoms with E-state index in [2.05, 4.69) is 15.9 Å². The van der Waals surface area contributed by atoms with Crippen molar-refractivity contribution in [2.75, 3.05) is 13.6 Å². The van der Waals surface area contributed by atoms with E-state index in [1.54, 1.807) is 7.05 Å². The quantitative estimate of drug-likeness (QED) is 0.856. The maximum atomic E-state index is 13.0. The third-order valence-corrected chi connectivity index (χ3v) is 2.76. The topological polar surface area (TPSA) is 44.1 Å². The van der Waals surface area contributed by atoms with Crippen molar-refractivity contribution in [3.63, 3.8) is 0 Å². The van der Waals surface area contributed by atoms with Crippen LogP contribution in [0.2, 0.25) is 0 Å². The molecule has 0 fully saturated rings. The van der Waals surface area contributed by atoms with Crippen molar-refractivity contribution < 1.29 is 9.18 Å². The standard InChI is InChI=1S/C11H10BrFN2O/c1-15(6-2-5-14)11(16)9-7-8(13)3-4-10(9)12/h3-4,7H,2,6H2,1H3. The largest absolute Gasteiger partial charge is 0.341 e. The first-order valence-electron chi connectivity index (χ1n) is 4.63. The van der Waals surface area contributed by atoms with Crippen LogP contribution < -0.4 is 0 Å². The first-order valence-corrected chi connectivity index (χ1v) is 5.43. The average Bonchev–Trinajstić information content (AvgIpc) is 2.28. The zero-order chi connectivity index (χ0) is 12.1. The predicted molar refractivity (Wildman–Crippen MR) is 61.3 cm³/mol. The molecule has 1 rings (SSSR count). The van der Waals surface area contributed by atoms with Gasteiger partial charge in [0.1, 0.15) is 5.82 Å². The summed E-state index contributed by atoms with van der Waals surface area (Å²) < 4.78 is 13.5. The van der Waals surface area contributed by atoms with Crippen molar-refractivity contribution in [3.8, 4) is 6.07 Å². The summed E-state index contributed by atoms with van der Waals surface area (Å²) in [5.74, 6) is -0.762. The van der Waals surface area contributed by atoms with E-state index < -0.39 is 5.82 Å². The van der Waals surface area contributed by atoms with Crippen molar-refractivity contribution in [1.29, 1.82) is 5.26 Å². The molecule has 0 spiro atoms. The van der Waals surface area contributed by atoms with Gasteiger partial charge in [0, 0.05) is 18.1 Å². The van der Waals surface area contributed by atoms with Crippen molar-refractivity contribution in [3.05, 3.63) is 34.1 Å². The Kier molecular flexibility index (Phi) is 4.44. The molecule has 0 aliphatic carbocycles. The molecule has 3 nitrogen and oxygen atoms in total. The summed E-state index contributed by atoms with van der Waals surface area (Å²) in [4.78, 5) is 13.2. The number of carbonyl (C=O) groups excluding carboxylic acids is 1. The Balaban J connectivity index is 2.88. The van der Waals surface area contributed by atoms with Crippen molar-refractivity contribution in [2.45, 2.75) is 6.42 Å². The highest BCUT2D eigenvalue weighted by molar-refractivity contribution is 9.10. The van der Waals surface area contributed by atoms with E-state index in [9.17, 15) is 9.18 Å². The molecule has 0 N–H and O–H groups in total. The van der Waals surface area contributed by atoms with Gasteiger partial charge in [0.15, 0.2) is 0 Å². The van der Waals surface area contributed by atoms with E-state index in [0.717, 1.165) is 0 Å². The fourth-order valence-corrected chi connectivity index (χ4v) is 1.60. The molecule has 1 amide bonds. The van der Waals surface area contributed by atoms with Gasteiger partial charge in [0.05, 0.1) is 18.1 Å². The molecular formula is C11H10BrFN2O. The van der Waals surface area contributed by atoms with Gasteiger partial charge in [-0.3, -0.25) is 4.79 Å². The van der Waals surface area contributed by atoms with E-state index >= 15 is 0 Å². The molecule has 0 radical (unpaired) electrons. The molecule has 0 bridgehead atoms. The highest BCUT2D eigenvalue weighted by Crippen LogP contribution is 2.19. The molecule has 16 heavy (non-hydrogen) atoms. The maximum absolute atomic E-state index is 13.0. The fourth-order valence-electron chi connectivity index (χ4n) is 1.19. The lowest BCUT2D eigenvalue weighted by atomic mass is 10.2. The molecule has 0 saturated carbocycles. The molecule has 0 aromatic heterocycles. The number of carbonyl (C=O) groups is 1. The number of rotatable bonds is 3. The Hall–Kier alpha value is -1.41. The Morgan fingerprint density at radius 1 is 1.62 bits per heavy atom. The first kappa shape index (κ1) is 12.7. The lowest BCUT2D eigenvalue weighted by Gasteiger charge is -2.16. The second-order valence-corrected chi connectivity index (χ2v) is 4.11. The lowest BCUT2D eigenvalue weighted by molar-refractivity contribution is 0.0796. The molecule has 0 unspecified atom stereocenters. The molecule has 0 aliphatic heterocycles. The summed E-state index contributed by atoms with van der Waals surface area (Å²) >= 11 is 3.19. The van der Waals surface area contributed by atoms with Gasteiger partial charge >= 0.3 is 0 Å². The van der Waals surface area contributed by atoms with Crippen LogP contribution in [0.1, 0.15) is 16.8 Å².